The first kappa shape index (κ1) is 22.3. The van der Waals surface area contributed by atoms with Crippen molar-refractivity contribution in [2.45, 2.75) is 12.6 Å². The van der Waals surface area contributed by atoms with Crippen LogP contribution in [0.5, 0.6) is 0 Å². The Morgan fingerprint density at radius 2 is 1.76 bits per heavy atom. The third-order valence-corrected chi connectivity index (χ3v) is 5.17. The Kier molecular flexibility index (Phi) is 6.87. The van der Waals surface area contributed by atoms with E-state index < -0.39 is 6.10 Å². The lowest BCUT2D eigenvalue weighted by molar-refractivity contribution is -0.126. The highest BCUT2D eigenvalue weighted by Gasteiger charge is 2.26. The molecule has 0 bridgehead atoms. The number of hydrogen-bond donors (Lipinski definition) is 2. The molecule has 8 heteroatoms. The molecule has 4 rings (SSSR count). The number of aliphatic hydroxyl groups excluding tert-OH is 1. The predicted molar refractivity (Wildman–Crippen MR) is 123 cm³/mol. The van der Waals surface area contributed by atoms with Gasteiger partial charge in [-0.1, -0.05) is 30.3 Å². The van der Waals surface area contributed by atoms with Crippen molar-refractivity contribution in [3.8, 4) is 22.4 Å². The van der Waals surface area contributed by atoms with Crippen LogP contribution in [0.15, 0.2) is 79.1 Å². The highest BCUT2D eigenvalue weighted by atomic mass is 19.1. The first-order valence-electron chi connectivity index (χ1n) is 10.4. The van der Waals surface area contributed by atoms with Crippen LogP contribution < -0.4 is 5.32 Å². The molecule has 2 heterocycles. The quantitative estimate of drug-likeness (QED) is 0.426. The average Bonchev–Trinajstić information content (AvgIpc) is 3.19. The molecule has 2 aromatic heterocycles. The number of methoxy groups -OCH3 is 1. The minimum atomic E-state index is -0.844. The van der Waals surface area contributed by atoms with E-state index in [2.05, 4.69) is 15.4 Å². The van der Waals surface area contributed by atoms with E-state index in [9.17, 15) is 14.3 Å². The third kappa shape index (κ3) is 4.82. The molecule has 2 aromatic carbocycles. The summed E-state index contributed by atoms with van der Waals surface area (Å²) in [5.41, 5.74) is 3.31. The van der Waals surface area contributed by atoms with E-state index in [1.807, 2.05) is 30.3 Å². The normalized spacial score (nSPS) is 11.8. The highest BCUT2D eigenvalue weighted by molar-refractivity contribution is 6.00. The van der Waals surface area contributed by atoms with E-state index in [4.69, 9.17) is 4.74 Å². The van der Waals surface area contributed by atoms with Gasteiger partial charge in [-0.2, -0.15) is 5.10 Å². The molecule has 168 valence electrons. The molecule has 0 spiro atoms. The lowest BCUT2D eigenvalue weighted by atomic mass is 10.0. The van der Waals surface area contributed by atoms with Gasteiger partial charge < -0.3 is 15.2 Å². The number of carbonyl (C=O) groups is 1. The van der Waals surface area contributed by atoms with Gasteiger partial charge in [0.1, 0.15) is 17.3 Å². The second-order valence-corrected chi connectivity index (χ2v) is 7.28. The number of rotatable bonds is 8. The zero-order chi connectivity index (χ0) is 23.2. The molecule has 4 aromatic rings. The van der Waals surface area contributed by atoms with E-state index in [1.165, 1.54) is 23.9 Å². The molecule has 0 saturated carbocycles. The summed E-state index contributed by atoms with van der Waals surface area (Å²) in [5, 5.41) is 17.2. The minimum Gasteiger partial charge on any atom is -0.394 e. The Morgan fingerprint density at radius 1 is 1.06 bits per heavy atom. The van der Waals surface area contributed by atoms with Gasteiger partial charge in [-0.3, -0.25) is 9.78 Å². The molecule has 1 atom stereocenters. The number of nitrogens with zero attached hydrogens (tertiary/aromatic N) is 3. The summed E-state index contributed by atoms with van der Waals surface area (Å²) in [5.74, 6) is -0.348. The van der Waals surface area contributed by atoms with Gasteiger partial charge in [-0.15, -0.1) is 0 Å². The number of hydrogen-bond acceptors (Lipinski definition) is 5. The van der Waals surface area contributed by atoms with Crippen molar-refractivity contribution in [1.29, 1.82) is 0 Å². The van der Waals surface area contributed by atoms with Crippen LogP contribution in [0.3, 0.4) is 0 Å². The fraction of sp³-hybridized carbons (Fsp3) is 0.160. The standard InChI is InChI=1S/C25H23FN4O3/c1-33-23(19-5-3-2-4-6-19)25(32)28-24-21(17-11-13-27-14-12-17)22(29-30(24)15-16-31)18-7-9-20(26)10-8-18/h2-14,23,31H,15-16H2,1H3,(H,28,32). The molecule has 1 unspecified atom stereocenters. The van der Waals surface area contributed by atoms with E-state index in [0.29, 0.717) is 28.2 Å². The molecule has 33 heavy (non-hydrogen) atoms. The summed E-state index contributed by atoms with van der Waals surface area (Å²) in [6.07, 6.45) is 2.43. The molecule has 0 radical (unpaired) electrons. The summed E-state index contributed by atoms with van der Waals surface area (Å²) < 4.78 is 20.6. The van der Waals surface area contributed by atoms with Crippen LogP contribution in [0.25, 0.3) is 22.4 Å². The van der Waals surface area contributed by atoms with Crippen molar-refractivity contribution >= 4 is 11.7 Å². The van der Waals surface area contributed by atoms with Crippen molar-refractivity contribution in [2.75, 3.05) is 19.0 Å². The second kappa shape index (κ2) is 10.2. The van der Waals surface area contributed by atoms with Gasteiger partial charge in [-0.25, -0.2) is 9.07 Å². The first-order chi connectivity index (χ1) is 16.1. The van der Waals surface area contributed by atoms with Crippen molar-refractivity contribution in [3.05, 3.63) is 90.5 Å². The van der Waals surface area contributed by atoms with Gasteiger partial charge in [0.15, 0.2) is 6.10 Å². The van der Waals surface area contributed by atoms with Crippen LogP contribution >= 0.6 is 0 Å². The van der Waals surface area contributed by atoms with Crippen LogP contribution in [0.1, 0.15) is 11.7 Å². The van der Waals surface area contributed by atoms with Crippen LogP contribution in [0, 0.1) is 5.82 Å². The van der Waals surface area contributed by atoms with Crippen molar-refractivity contribution in [1.82, 2.24) is 14.8 Å². The Morgan fingerprint density at radius 3 is 2.39 bits per heavy atom. The number of anilines is 1. The van der Waals surface area contributed by atoms with Crippen molar-refractivity contribution < 1.29 is 19.0 Å². The van der Waals surface area contributed by atoms with E-state index >= 15 is 0 Å². The number of nitrogens with one attached hydrogen (secondary N) is 1. The SMILES string of the molecule is COC(C(=O)Nc1c(-c2ccncc2)c(-c2ccc(F)cc2)nn1CCO)c1ccccc1. The molecule has 0 fully saturated rings. The maximum absolute atomic E-state index is 13.6. The monoisotopic (exact) mass is 446 g/mol. The fourth-order valence-corrected chi connectivity index (χ4v) is 3.65. The zero-order valence-corrected chi connectivity index (χ0v) is 18.0. The molecular weight excluding hydrogens is 423 g/mol. The molecule has 0 aliphatic heterocycles. The summed E-state index contributed by atoms with van der Waals surface area (Å²) in [6, 6.07) is 18.7. The number of benzene rings is 2. The topological polar surface area (TPSA) is 89.3 Å². The third-order valence-electron chi connectivity index (χ3n) is 5.17. The molecule has 0 aliphatic rings. The van der Waals surface area contributed by atoms with Gasteiger partial charge in [0.25, 0.3) is 5.91 Å². The average molecular weight is 446 g/mol. The first-order valence-corrected chi connectivity index (χ1v) is 10.4. The van der Waals surface area contributed by atoms with Crippen molar-refractivity contribution in [2.24, 2.45) is 0 Å². The van der Waals surface area contributed by atoms with E-state index in [1.54, 1.807) is 36.7 Å². The fourth-order valence-electron chi connectivity index (χ4n) is 3.65. The van der Waals surface area contributed by atoms with Gasteiger partial charge in [0.2, 0.25) is 0 Å². The second-order valence-electron chi connectivity index (χ2n) is 7.28. The minimum absolute atomic E-state index is 0.151. The molecule has 0 aliphatic carbocycles. The Bertz CT molecular complexity index is 1210. The van der Waals surface area contributed by atoms with Gasteiger partial charge >= 0.3 is 0 Å². The molecule has 2 N–H and O–H groups in total. The summed E-state index contributed by atoms with van der Waals surface area (Å²) in [4.78, 5) is 17.3. The molecule has 0 saturated heterocycles. The van der Waals surface area contributed by atoms with Crippen molar-refractivity contribution in [3.63, 3.8) is 0 Å². The largest absolute Gasteiger partial charge is 0.394 e. The van der Waals surface area contributed by atoms with Crippen LogP contribution in [0.2, 0.25) is 0 Å². The molecular formula is C25H23FN4O3. The lowest BCUT2D eigenvalue weighted by Gasteiger charge is -2.17. The maximum Gasteiger partial charge on any atom is 0.259 e. The summed E-state index contributed by atoms with van der Waals surface area (Å²) >= 11 is 0. The number of amides is 1. The Hall–Kier alpha value is -3.88. The van der Waals surface area contributed by atoms with Gasteiger partial charge in [-0.05, 0) is 47.5 Å². The number of pyridine rings is 1. The smallest absolute Gasteiger partial charge is 0.259 e. The van der Waals surface area contributed by atoms with Crippen LogP contribution in [-0.4, -0.2) is 39.5 Å². The number of aliphatic hydroxyl groups is 1. The van der Waals surface area contributed by atoms with Crippen LogP contribution in [-0.2, 0) is 16.1 Å². The van der Waals surface area contributed by atoms with Gasteiger partial charge in [0, 0.05) is 25.1 Å². The number of aromatic nitrogens is 3. The Labute approximate surface area is 190 Å². The highest BCUT2D eigenvalue weighted by Crippen LogP contribution is 2.38. The van der Waals surface area contributed by atoms with Gasteiger partial charge in [0.05, 0.1) is 18.7 Å². The summed E-state index contributed by atoms with van der Waals surface area (Å²) in [7, 11) is 1.47. The molecule has 1 amide bonds. The zero-order valence-electron chi connectivity index (χ0n) is 18.0. The summed E-state index contributed by atoms with van der Waals surface area (Å²) in [6.45, 7) is -0.0343. The van der Waals surface area contributed by atoms with E-state index in [0.717, 1.165) is 5.56 Å². The van der Waals surface area contributed by atoms with Crippen LogP contribution in [0.4, 0.5) is 10.2 Å². The Balaban J connectivity index is 1.83. The molecule has 7 nitrogen and oxygen atoms in total. The van der Waals surface area contributed by atoms with E-state index in [-0.39, 0.29) is 24.9 Å². The number of ether oxygens (including phenoxy) is 1. The predicted octanol–water partition coefficient (Wildman–Crippen LogP) is 4.07. The maximum atomic E-state index is 13.6. The lowest BCUT2D eigenvalue weighted by Crippen LogP contribution is -2.24. The number of halogens is 1. The number of carbonyl (C=O) groups excluding carboxylic acids is 1.